The number of sulfonamides is 1. The number of anilines is 1. The van der Waals surface area contributed by atoms with Gasteiger partial charge in [0.05, 0.1) is 4.90 Å². The second-order valence-corrected chi connectivity index (χ2v) is 5.90. The number of H-pyrrole nitrogens is 1. The lowest BCUT2D eigenvalue weighted by molar-refractivity contribution is 0.597. The number of nitrogens with zero attached hydrogens (tertiary/aromatic N) is 1. The second kappa shape index (κ2) is 5.04. The van der Waals surface area contributed by atoms with Gasteiger partial charge in [0.2, 0.25) is 0 Å². The highest BCUT2D eigenvalue weighted by molar-refractivity contribution is 7.92. The molecule has 1 aromatic carbocycles. The molecule has 106 valence electrons. The molecule has 0 atom stereocenters. The van der Waals surface area contributed by atoms with E-state index in [0.29, 0.717) is 11.1 Å². The molecular formula is C12H12FN3O3S. The summed E-state index contributed by atoms with van der Waals surface area (Å²) >= 11 is 0. The molecule has 0 aliphatic carbocycles. The van der Waals surface area contributed by atoms with Crippen molar-refractivity contribution in [1.29, 1.82) is 0 Å². The van der Waals surface area contributed by atoms with Gasteiger partial charge in [0.1, 0.15) is 5.82 Å². The lowest BCUT2D eigenvalue weighted by Gasteiger charge is -2.12. The van der Waals surface area contributed by atoms with Crippen LogP contribution >= 0.6 is 0 Å². The molecule has 0 aliphatic rings. The molecular weight excluding hydrogens is 285 g/mol. The molecule has 0 fully saturated rings. The van der Waals surface area contributed by atoms with Crippen LogP contribution in [0.25, 0.3) is 0 Å². The van der Waals surface area contributed by atoms with Crippen molar-refractivity contribution in [1.82, 2.24) is 10.2 Å². The van der Waals surface area contributed by atoms with Crippen LogP contribution in [-0.4, -0.2) is 18.6 Å². The van der Waals surface area contributed by atoms with E-state index in [-0.39, 0.29) is 10.7 Å². The van der Waals surface area contributed by atoms with Crippen molar-refractivity contribution >= 4 is 15.8 Å². The van der Waals surface area contributed by atoms with Crippen molar-refractivity contribution in [2.75, 3.05) is 4.72 Å². The maximum Gasteiger partial charge on any atom is 0.264 e. The molecule has 8 heteroatoms. The zero-order valence-corrected chi connectivity index (χ0v) is 11.6. The zero-order valence-electron chi connectivity index (χ0n) is 10.8. The standard InChI is InChI=1S/C12H12FN3O3S/c1-7-5-9(13)6-8(2)12(7)20(18,19)16-10-3-4-11(17)15-14-10/h3-6H,1-2H3,(H,14,16)(H,15,17). The van der Waals surface area contributed by atoms with Crippen molar-refractivity contribution in [3.63, 3.8) is 0 Å². The number of aryl methyl sites for hydroxylation is 2. The van der Waals surface area contributed by atoms with Gasteiger partial charge in [-0.05, 0) is 43.2 Å². The maximum atomic E-state index is 13.2. The Kier molecular flexibility index (Phi) is 3.58. The molecule has 0 saturated heterocycles. The van der Waals surface area contributed by atoms with E-state index in [1.165, 1.54) is 19.9 Å². The number of benzene rings is 1. The van der Waals surface area contributed by atoms with Crippen LogP contribution in [0, 0.1) is 19.7 Å². The van der Waals surface area contributed by atoms with Gasteiger partial charge in [0.25, 0.3) is 15.6 Å². The van der Waals surface area contributed by atoms with E-state index >= 15 is 0 Å². The van der Waals surface area contributed by atoms with Crippen molar-refractivity contribution in [3.05, 3.63) is 51.6 Å². The van der Waals surface area contributed by atoms with Gasteiger partial charge in [-0.3, -0.25) is 9.52 Å². The summed E-state index contributed by atoms with van der Waals surface area (Å²) in [6.45, 7) is 3.01. The predicted molar refractivity (Wildman–Crippen MR) is 71.5 cm³/mol. The molecule has 6 nitrogen and oxygen atoms in total. The van der Waals surface area contributed by atoms with E-state index in [4.69, 9.17) is 0 Å². The van der Waals surface area contributed by atoms with Crippen molar-refractivity contribution < 1.29 is 12.8 Å². The van der Waals surface area contributed by atoms with E-state index < -0.39 is 21.4 Å². The highest BCUT2D eigenvalue weighted by atomic mass is 32.2. The van der Waals surface area contributed by atoms with Crippen LogP contribution in [0.2, 0.25) is 0 Å². The first-order chi connectivity index (χ1) is 9.29. The van der Waals surface area contributed by atoms with Crippen LogP contribution in [0.3, 0.4) is 0 Å². The monoisotopic (exact) mass is 297 g/mol. The number of hydrogen-bond acceptors (Lipinski definition) is 4. The number of rotatable bonds is 3. The molecule has 1 heterocycles. The van der Waals surface area contributed by atoms with Gasteiger partial charge in [-0.15, -0.1) is 0 Å². The molecule has 0 radical (unpaired) electrons. The highest BCUT2D eigenvalue weighted by Gasteiger charge is 2.21. The van der Waals surface area contributed by atoms with Gasteiger partial charge < -0.3 is 0 Å². The zero-order chi connectivity index (χ0) is 14.9. The van der Waals surface area contributed by atoms with Gasteiger partial charge >= 0.3 is 0 Å². The van der Waals surface area contributed by atoms with Crippen LogP contribution in [0.5, 0.6) is 0 Å². The first kappa shape index (κ1) is 14.2. The van der Waals surface area contributed by atoms with Gasteiger partial charge in [-0.1, -0.05) is 0 Å². The summed E-state index contributed by atoms with van der Waals surface area (Å²) in [6, 6.07) is 4.67. The van der Waals surface area contributed by atoms with E-state index in [2.05, 4.69) is 14.9 Å². The number of halogens is 1. The third-order valence-electron chi connectivity index (χ3n) is 2.61. The lowest BCUT2D eigenvalue weighted by Crippen LogP contribution is -2.18. The Morgan fingerprint density at radius 3 is 2.30 bits per heavy atom. The van der Waals surface area contributed by atoms with E-state index in [1.807, 2.05) is 0 Å². The molecule has 20 heavy (non-hydrogen) atoms. The number of aromatic amines is 1. The third-order valence-corrected chi connectivity index (χ3v) is 4.27. The highest BCUT2D eigenvalue weighted by Crippen LogP contribution is 2.23. The first-order valence-corrected chi connectivity index (χ1v) is 7.13. The summed E-state index contributed by atoms with van der Waals surface area (Å²) in [6.07, 6.45) is 0. The van der Waals surface area contributed by atoms with Gasteiger partial charge in [-0.2, -0.15) is 5.10 Å². The van der Waals surface area contributed by atoms with Gasteiger partial charge in [0.15, 0.2) is 5.82 Å². The van der Waals surface area contributed by atoms with Gasteiger partial charge in [-0.25, -0.2) is 17.9 Å². The number of aromatic nitrogens is 2. The van der Waals surface area contributed by atoms with E-state index in [0.717, 1.165) is 18.2 Å². The minimum Gasteiger partial charge on any atom is -0.268 e. The minimum absolute atomic E-state index is 0.00750. The summed E-state index contributed by atoms with van der Waals surface area (Å²) in [4.78, 5) is 10.9. The summed E-state index contributed by atoms with van der Waals surface area (Å²) in [7, 11) is -3.91. The Morgan fingerprint density at radius 2 is 1.80 bits per heavy atom. The van der Waals surface area contributed by atoms with Gasteiger partial charge in [0, 0.05) is 6.07 Å². The topological polar surface area (TPSA) is 91.9 Å². The van der Waals surface area contributed by atoms with Crippen LogP contribution in [0.15, 0.2) is 34.0 Å². The summed E-state index contributed by atoms with van der Waals surface area (Å²) < 4.78 is 40.0. The molecule has 0 saturated carbocycles. The fourth-order valence-corrected chi connectivity index (χ4v) is 3.37. The summed E-state index contributed by atoms with van der Waals surface area (Å²) in [5.41, 5.74) is 0.140. The smallest absolute Gasteiger partial charge is 0.264 e. The number of hydrogen-bond donors (Lipinski definition) is 2. The molecule has 2 aromatic rings. The summed E-state index contributed by atoms with van der Waals surface area (Å²) in [5, 5.41) is 5.68. The summed E-state index contributed by atoms with van der Waals surface area (Å²) in [5.74, 6) is -0.520. The Labute approximate surface area is 114 Å². The molecule has 0 unspecified atom stereocenters. The minimum atomic E-state index is -3.91. The van der Waals surface area contributed by atoms with Crippen molar-refractivity contribution in [2.24, 2.45) is 0 Å². The molecule has 0 amide bonds. The fourth-order valence-electron chi connectivity index (χ4n) is 1.91. The molecule has 0 spiro atoms. The van der Waals surface area contributed by atoms with Crippen LogP contribution in [0.4, 0.5) is 10.2 Å². The van der Waals surface area contributed by atoms with E-state index in [9.17, 15) is 17.6 Å². The van der Waals surface area contributed by atoms with Crippen LogP contribution in [-0.2, 0) is 10.0 Å². The fraction of sp³-hybridized carbons (Fsp3) is 0.167. The molecule has 2 rings (SSSR count). The number of nitrogens with one attached hydrogen (secondary N) is 2. The average Bonchev–Trinajstić information content (AvgIpc) is 2.30. The average molecular weight is 297 g/mol. The van der Waals surface area contributed by atoms with Crippen LogP contribution in [0.1, 0.15) is 11.1 Å². The SMILES string of the molecule is Cc1cc(F)cc(C)c1S(=O)(=O)Nc1ccc(=O)[nH]n1. The Bertz CT molecular complexity index is 771. The van der Waals surface area contributed by atoms with Crippen molar-refractivity contribution in [3.8, 4) is 0 Å². The third kappa shape index (κ3) is 2.85. The molecule has 0 aliphatic heterocycles. The normalized spacial score (nSPS) is 11.3. The maximum absolute atomic E-state index is 13.2. The molecule has 2 N–H and O–H groups in total. The van der Waals surface area contributed by atoms with Crippen molar-refractivity contribution in [2.45, 2.75) is 18.7 Å². The molecule has 0 bridgehead atoms. The Morgan fingerprint density at radius 1 is 1.20 bits per heavy atom. The first-order valence-electron chi connectivity index (χ1n) is 5.65. The quantitative estimate of drug-likeness (QED) is 0.894. The molecule has 1 aromatic heterocycles. The lowest BCUT2D eigenvalue weighted by atomic mass is 10.1. The second-order valence-electron chi connectivity index (χ2n) is 4.28. The van der Waals surface area contributed by atoms with Crippen LogP contribution < -0.4 is 10.3 Å². The van der Waals surface area contributed by atoms with E-state index in [1.54, 1.807) is 0 Å². The predicted octanol–water partition coefficient (Wildman–Crippen LogP) is 1.33. The Balaban J connectivity index is 2.46. The Hall–Kier alpha value is -2.22. The largest absolute Gasteiger partial charge is 0.268 e.